The molecule has 3 nitrogen and oxygen atoms in total. The highest BCUT2D eigenvalue weighted by atomic mass is 15.0. The molecule has 19 heavy (non-hydrogen) atoms. The van der Waals surface area contributed by atoms with Gasteiger partial charge in [0.05, 0.1) is 0 Å². The molecule has 2 rings (SSSR count). The lowest BCUT2D eigenvalue weighted by Crippen LogP contribution is -2.35. The Morgan fingerprint density at radius 1 is 1.11 bits per heavy atom. The summed E-state index contributed by atoms with van der Waals surface area (Å²) in [6.07, 6.45) is 9.11. The maximum Gasteiger partial charge on any atom is 0.131 e. The van der Waals surface area contributed by atoms with Gasteiger partial charge in [0.15, 0.2) is 0 Å². The molecule has 0 aliphatic heterocycles. The predicted molar refractivity (Wildman–Crippen MR) is 79.0 cm³/mol. The summed E-state index contributed by atoms with van der Waals surface area (Å²) in [5.41, 5.74) is 1.31. The van der Waals surface area contributed by atoms with Crippen molar-refractivity contribution in [2.75, 3.05) is 0 Å². The van der Waals surface area contributed by atoms with Gasteiger partial charge in [-0.25, -0.2) is 9.97 Å². The van der Waals surface area contributed by atoms with Gasteiger partial charge in [-0.15, -0.1) is 0 Å². The van der Waals surface area contributed by atoms with Gasteiger partial charge >= 0.3 is 0 Å². The van der Waals surface area contributed by atoms with Gasteiger partial charge in [0.25, 0.3) is 0 Å². The molecule has 1 saturated carbocycles. The molecule has 1 fully saturated rings. The zero-order chi connectivity index (χ0) is 13.9. The highest BCUT2D eigenvalue weighted by Crippen LogP contribution is 2.33. The molecule has 1 aromatic rings. The fourth-order valence-electron chi connectivity index (χ4n) is 2.55. The molecule has 0 bridgehead atoms. The van der Waals surface area contributed by atoms with Crippen molar-refractivity contribution >= 4 is 0 Å². The summed E-state index contributed by atoms with van der Waals surface area (Å²) in [7, 11) is 0. The largest absolute Gasteiger partial charge is 0.308 e. The Labute approximate surface area is 117 Å². The highest BCUT2D eigenvalue weighted by molar-refractivity contribution is 5.08. The van der Waals surface area contributed by atoms with Crippen molar-refractivity contribution in [1.82, 2.24) is 15.3 Å². The van der Waals surface area contributed by atoms with Crippen LogP contribution in [-0.4, -0.2) is 15.5 Å². The molecule has 1 aliphatic carbocycles. The summed E-state index contributed by atoms with van der Waals surface area (Å²) in [5, 5.41) is 3.46. The van der Waals surface area contributed by atoms with Crippen LogP contribution < -0.4 is 5.32 Å². The summed E-state index contributed by atoms with van der Waals surface area (Å²) >= 11 is 0. The standard InChI is InChI=1S/C16H27N3/c1-12-5-7-14(8-6-12)15-17-9-13(10-18-15)11-19-16(2,3)4/h9-10,12,14,19H,5-8,11H2,1-4H3. The fraction of sp³-hybridized carbons (Fsp3) is 0.750. The Hall–Kier alpha value is -0.960. The lowest BCUT2D eigenvalue weighted by atomic mass is 9.82. The van der Waals surface area contributed by atoms with Crippen LogP contribution in [0.25, 0.3) is 0 Å². The van der Waals surface area contributed by atoms with Gasteiger partial charge in [0.1, 0.15) is 5.82 Å². The van der Waals surface area contributed by atoms with Crippen LogP contribution in [0.5, 0.6) is 0 Å². The second-order valence-corrected chi connectivity index (χ2v) is 7.01. The number of nitrogens with zero attached hydrogens (tertiary/aromatic N) is 2. The van der Waals surface area contributed by atoms with E-state index < -0.39 is 0 Å². The Balaban J connectivity index is 1.91. The van der Waals surface area contributed by atoms with E-state index in [0.717, 1.165) is 18.3 Å². The first-order valence-electron chi connectivity index (χ1n) is 7.50. The lowest BCUT2D eigenvalue weighted by molar-refractivity contribution is 0.339. The molecule has 1 aromatic heterocycles. The van der Waals surface area contributed by atoms with Crippen LogP contribution in [0.3, 0.4) is 0 Å². The van der Waals surface area contributed by atoms with Gasteiger partial charge in [-0.1, -0.05) is 19.8 Å². The molecular weight excluding hydrogens is 234 g/mol. The normalized spacial score (nSPS) is 24.4. The van der Waals surface area contributed by atoms with E-state index in [1.54, 1.807) is 0 Å². The van der Waals surface area contributed by atoms with Gasteiger partial charge in [-0.05, 0) is 39.5 Å². The number of aromatic nitrogens is 2. The number of hydrogen-bond acceptors (Lipinski definition) is 3. The van der Waals surface area contributed by atoms with E-state index >= 15 is 0 Å². The molecule has 1 aliphatic rings. The van der Waals surface area contributed by atoms with Crippen molar-refractivity contribution in [2.24, 2.45) is 5.92 Å². The second-order valence-electron chi connectivity index (χ2n) is 7.01. The molecule has 1 heterocycles. The van der Waals surface area contributed by atoms with Crippen molar-refractivity contribution in [3.05, 3.63) is 23.8 Å². The summed E-state index contributed by atoms with van der Waals surface area (Å²) < 4.78 is 0. The third-order valence-electron chi connectivity index (χ3n) is 3.93. The topological polar surface area (TPSA) is 37.8 Å². The van der Waals surface area contributed by atoms with Crippen LogP contribution in [0, 0.1) is 5.92 Å². The molecule has 0 unspecified atom stereocenters. The smallest absolute Gasteiger partial charge is 0.131 e. The Bertz CT molecular complexity index is 383. The van der Waals surface area contributed by atoms with E-state index in [4.69, 9.17) is 0 Å². The highest BCUT2D eigenvalue weighted by Gasteiger charge is 2.21. The molecule has 0 radical (unpaired) electrons. The number of rotatable bonds is 3. The minimum atomic E-state index is 0.137. The van der Waals surface area contributed by atoms with Crippen LogP contribution in [-0.2, 0) is 6.54 Å². The quantitative estimate of drug-likeness (QED) is 0.902. The van der Waals surface area contributed by atoms with Gasteiger partial charge in [-0.2, -0.15) is 0 Å². The molecule has 0 aromatic carbocycles. The van der Waals surface area contributed by atoms with E-state index in [1.807, 2.05) is 12.4 Å². The van der Waals surface area contributed by atoms with E-state index in [2.05, 4.69) is 43.0 Å². The molecule has 0 amide bonds. The fourth-order valence-corrected chi connectivity index (χ4v) is 2.55. The molecule has 0 atom stereocenters. The molecule has 3 heteroatoms. The minimum Gasteiger partial charge on any atom is -0.308 e. The summed E-state index contributed by atoms with van der Waals surface area (Å²) in [4.78, 5) is 9.15. The van der Waals surface area contributed by atoms with Crippen LogP contribution in [0.2, 0.25) is 0 Å². The van der Waals surface area contributed by atoms with E-state index in [9.17, 15) is 0 Å². The lowest BCUT2D eigenvalue weighted by Gasteiger charge is -2.25. The first kappa shape index (κ1) is 14.4. The van der Waals surface area contributed by atoms with Crippen LogP contribution in [0.4, 0.5) is 0 Å². The van der Waals surface area contributed by atoms with Crippen molar-refractivity contribution in [1.29, 1.82) is 0 Å². The van der Waals surface area contributed by atoms with Gasteiger partial charge in [-0.3, -0.25) is 0 Å². The summed E-state index contributed by atoms with van der Waals surface area (Å²) in [5.74, 6) is 2.51. The molecule has 106 valence electrons. The van der Waals surface area contributed by atoms with Gasteiger partial charge in [0, 0.05) is 36.0 Å². The van der Waals surface area contributed by atoms with E-state index in [0.29, 0.717) is 5.92 Å². The maximum atomic E-state index is 4.58. The van der Waals surface area contributed by atoms with Crippen molar-refractivity contribution in [2.45, 2.75) is 71.4 Å². The molecule has 0 saturated heterocycles. The first-order valence-corrected chi connectivity index (χ1v) is 7.50. The predicted octanol–water partition coefficient (Wildman–Crippen LogP) is 3.66. The third-order valence-corrected chi connectivity index (χ3v) is 3.93. The molecular formula is C16H27N3. The van der Waals surface area contributed by atoms with Gasteiger partial charge in [0.2, 0.25) is 0 Å². The van der Waals surface area contributed by atoms with Crippen LogP contribution in [0.1, 0.15) is 70.7 Å². The van der Waals surface area contributed by atoms with Crippen molar-refractivity contribution in [3.63, 3.8) is 0 Å². The molecule has 1 N–H and O–H groups in total. The number of hydrogen-bond donors (Lipinski definition) is 1. The van der Waals surface area contributed by atoms with Crippen LogP contribution >= 0.6 is 0 Å². The summed E-state index contributed by atoms with van der Waals surface area (Å²) in [6, 6.07) is 0. The van der Waals surface area contributed by atoms with E-state index in [1.165, 1.54) is 31.2 Å². The SMILES string of the molecule is CC1CCC(c2ncc(CNC(C)(C)C)cn2)CC1. The van der Waals surface area contributed by atoms with Crippen LogP contribution in [0.15, 0.2) is 12.4 Å². The first-order chi connectivity index (χ1) is 8.94. The molecule has 0 spiro atoms. The minimum absolute atomic E-state index is 0.137. The summed E-state index contributed by atoms with van der Waals surface area (Å²) in [6.45, 7) is 9.70. The number of nitrogens with one attached hydrogen (secondary N) is 1. The zero-order valence-corrected chi connectivity index (χ0v) is 12.7. The Kier molecular flexibility index (Phi) is 4.56. The van der Waals surface area contributed by atoms with Crippen molar-refractivity contribution < 1.29 is 0 Å². The van der Waals surface area contributed by atoms with E-state index in [-0.39, 0.29) is 5.54 Å². The zero-order valence-electron chi connectivity index (χ0n) is 12.7. The van der Waals surface area contributed by atoms with Gasteiger partial charge < -0.3 is 5.32 Å². The maximum absolute atomic E-state index is 4.58. The average Bonchev–Trinajstić information content (AvgIpc) is 2.37. The Morgan fingerprint density at radius 2 is 1.68 bits per heavy atom. The van der Waals surface area contributed by atoms with Crippen molar-refractivity contribution in [3.8, 4) is 0 Å². The average molecular weight is 261 g/mol. The second kappa shape index (κ2) is 6.00. The Morgan fingerprint density at radius 3 is 2.21 bits per heavy atom. The third kappa shape index (κ3) is 4.57. The monoisotopic (exact) mass is 261 g/mol.